The van der Waals surface area contributed by atoms with Crippen molar-refractivity contribution < 1.29 is 0 Å². The zero-order chi connectivity index (χ0) is 11.9. The third-order valence-electron chi connectivity index (χ3n) is 3.23. The van der Waals surface area contributed by atoms with E-state index in [1.54, 1.807) is 5.57 Å². The molecule has 0 saturated carbocycles. The molecule has 0 aromatic heterocycles. The lowest BCUT2D eigenvalue weighted by atomic mass is 9.97. The second-order valence-corrected chi connectivity index (χ2v) is 5.10. The van der Waals surface area contributed by atoms with Gasteiger partial charge in [0.05, 0.1) is 0 Å². The Labute approximate surface area is 109 Å². The van der Waals surface area contributed by atoms with Crippen molar-refractivity contribution in [3.05, 3.63) is 46.5 Å². The molecule has 0 aliphatic heterocycles. The molecule has 0 bridgehead atoms. The van der Waals surface area contributed by atoms with E-state index in [4.69, 9.17) is 11.6 Å². The summed E-state index contributed by atoms with van der Waals surface area (Å²) in [5, 5.41) is 4.30. The van der Waals surface area contributed by atoms with E-state index in [0.717, 1.165) is 18.1 Å². The van der Waals surface area contributed by atoms with Crippen LogP contribution in [0.2, 0.25) is 5.02 Å². The van der Waals surface area contributed by atoms with Crippen LogP contribution in [0.1, 0.15) is 37.7 Å². The molecule has 2 rings (SSSR count). The summed E-state index contributed by atoms with van der Waals surface area (Å²) in [6.45, 7) is 1.98. The van der Waals surface area contributed by atoms with Crippen LogP contribution in [-0.2, 0) is 6.54 Å². The molecule has 92 valence electrons. The van der Waals surface area contributed by atoms with Gasteiger partial charge in [0, 0.05) is 11.6 Å². The molecule has 0 saturated heterocycles. The Morgan fingerprint density at radius 2 is 2.18 bits per heavy atom. The van der Waals surface area contributed by atoms with Crippen LogP contribution in [0, 0.1) is 0 Å². The van der Waals surface area contributed by atoms with Gasteiger partial charge in [-0.1, -0.05) is 35.4 Å². The van der Waals surface area contributed by atoms with E-state index in [1.165, 1.54) is 37.7 Å². The largest absolute Gasteiger partial charge is 0.312 e. The summed E-state index contributed by atoms with van der Waals surface area (Å²) < 4.78 is 0. The van der Waals surface area contributed by atoms with Gasteiger partial charge in [0.1, 0.15) is 0 Å². The number of hydrogen-bond acceptors (Lipinski definition) is 1. The molecule has 1 nitrogen and oxygen atoms in total. The molecule has 0 unspecified atom stereocenters. The van der Waals surface area contributed by atoms with Crippen LogP contribution >= 0.6 is 11.6 Å². The zero-order valence-corrected chi connectivity index (χ0v) is 11.0. The van der Waals surface area contributed by atoms with Gasteiger partial charge in [-0.25, -0.2) is 0 Å². The summed E-state index contributed by atoms with van der Waals surface area (Å²) in [6, 6.07) is 8.05. The quantitative estimate of drug-likeness (QED) is 0.605. The Kier molecular flexibility index (Phi) is 5.08. The molecular weight excluding hydrogens is 230 g/mol. The van der Waals surface area contributed by atoms with Gasteiger partial charge in [-0.15, -0.1) is 0 Å². The highest BCUT2D eigenvalue weighted by Crippen LogP contribution is 2.19. The van der Waals surface area contributed by atoms with Crippen LogP contribution in [0.5, 0.6) is 0 Å². The maximum atomic E-state index is 5.94. The normalized spacial score (nSPS) is 15.7. The van der Waals surface area contributed by atoms with Crippen molar-refractivity contribution in [3.63, 3.8) is 0 Å². The molecule has 1 aliphatic rings. The average Bonchev–Trinajstić information content (AvgIpc) is 2.36. The average molecular weight is 250 g/mol. The highest BCUT2D eigenvalue weighted by Gasteiger charge is 2.02. The van der Waals surface area contributed by atoms with Crippen LogP contribution in [0.4, 0.5) is 0 Å². The Bertz CT molecular complexity index is 384. The highest BCUT2D eigenvalue weighted by molar-refractivity contribution is 6.30. The van der Waals surface area contributed by atoms with Crippen molar-refractivity contribution in [2.75, 3.05) is 6.54 Å². The number of allylic oxidation sites excluding steroid dienone is 1. The van der Waals surface area contributed by atoms with E-state index in [0.29, 0.717) is 0 Å². The summed E-state index contributed by atoms with van der Waals surface area (Å²) in [6.07, 6.45) is 8.95. The predicted octanol–water partition coefficient (Wildman–Crippen LogP) is 4.32. The Balaban J connectivity index is 1.67. The molecular formula is C15H20ClN. The highest BCUT2D eigenvalue weighted by atomic mass is 35.5. The number of nitrogens with one attached hydrogen (secondary N) is 1. The molecule has 0 radical (unpaired) electrons. The van der Waals surface area contributed by atoms with E-state index in [9.17, 15) is 0 Å². The number of rotatable bonds is 5. The molecule has 0 fully saturated rings. The smallest absolute Gasteiger partial charge is 0.0409 e. The second-order valence-electron chi connectivity index (χ2n) is 4.66. The fraction of sp³-hybridized carbons (Fsp3) is 0.467. The summed E-state index contributed by atoms with van der Waals surface area (Å²) in [5.74, 6) is 0. The van der Waals surface area contributed by atoms with Gasteiger partial charge in [-0.05, 0) is 56.3 Å². The second kappa shape index (κ2) is 6.83. The van der Waals surface area contributed by atoms with Gasteiger partial charge < -0.3 is 5.32 Å². The lowest BCUT2D eigenvalue weighted by Gasteiger charge is -2.13. The standard InChI is InChI=1S/C15H20ClN/c16-15-8-4-7-14(11-15)12-17-10-9-13-5-2-1-3-6-13/h4-5,7-8,11,17H,1-3,6,9-10,12H2. The molecule has 1 aromatic rings. The van der Waals surface area contributed by atoms with E-state index in [1.807, 2.05) is 18.2 Å². The predicted molar refractivity (Wildman–Crippen MR) is 74.3 cm³/mol. The number of benzene rings is 1. The number of hydrogen-bond donors (Lipinski definition) is 1. The van der Waals surface area contributed by atoms with Gasteiger partial charge in [0.25, 0.3) is 0 Å². The van der Waals surface area contributed by atoms with Crippen LogP contribution in [0.15, 0.2) is 35.9 Å². The topological polar surface area (TPSA) is 12.0 Å². The third kappa shape index (κ3) is 4.53. The van der Waals surface area contributed by atoms with Gasteiger partial charge >= 0.3 is 0 Å². The first-order valence-electron chi connectivity index (χ1n) is 6.48. The van der Waals surface area contributed by atoms with Crippen molar-refractivity contribution >= 4 is 11.6 Å². The van der Waals surface area contributed by atoms with Crippen LogP contribution in [0.25, 0.3) is 0 Å². The van der Waals surface area contributed by atoms with Gasteiger partial charge in [-0.3, -0.25) is 0 Å². The molecule has 0 atom stereocenters. The molecule has 1 aromatic carbocycles. The first-order chi connectivity index (χ1) is 8.34. The minimum absolute atomic E-state index is 0.819. The molecule has 0 heterocycles. The lowest BCUT2D eigenvalue weighted by molar-refractivity contribution is 0.632. The maximum Gasteiger partial charge on any atom is 0.0409 e. The summed E-state index contributed by atoms with van der Waals surface area (Å²) in [7, 11) is 0. The first kappa shape index (κ1) is 12.7. The van der Waals surface area contributed by atoms with Crippen molar-refractivity contribution in [3.8, 4) is 0 Å². The van der Waals surface area contributed by atoms with Gasteiger partial charge in [0.15, 0.2) is 0 Å². The summed E-state index contributed by atoms with van der Waals surface area (Å²) in [5.41, 5.74) is 2.89. The number of halogens is 1. The van der Waals surface area contributed by atoms with E-state index >= 15 is 0 Å². The molecule has 17 heavy (non-hydrogen) atoms. The SMILES string of the molecule is Clc1cccc(CNCCC2=CCCCC2)c1. The van der Waals surface area contributed by atoms with Gasteiger partial charge in [-0.2, -0.15) is 0 Å². The Hall–Kier alpha value is -0.790. The maximum absolute atomic E-state index is 5.94. The van der Waals surface area contributed by atoms with E-state index < -0.39 is 0 Å². The van der Waals surface area contributed by atoms with E-state index in [-0.39, 0.29) is 0 Å². The first-order valence-corrected chi connectivity index (χ1v) is 6.85. The molecule has 1 N–H and O–H groups in total. The third-order valence-corrected chi connectivity index (χ3v) is 3.46. The Morgan fingerprint density at radius 3 is 2.94 bits per heavy atom. The van der Waals surface area contributed by atoms with Crippen LogP contribution < -0.4 is 5.32 Å². The van der Waals surface area contributed by atoms with Crippen molar-refractivity contribution in [1.82, 2.24) is 5.32 Å². The van der Waals surface area contributed by atoms with Crippen molar-refractivity contribution in [2.45, 2.75) is 38.6 Å². The van der Waals surface area contributed by atoms with Crippen molar-refractivity contribution in [2.24, 2.45) is 0 Å². The van der Waals surface area contributed by atoms with Gasteiger partial charge in [0.2, 0.25) is 0 Å². The summed E-state index contributed by atoms with van der Waals surface area (Å²) >= 11 is 5.94. The Morgan fingerprint density at radius 1 is 1.24 bits per heavy atom. The van der Waals surface area contributed by atoms with E-state index in [2.05, 4.69) is 17.5 Å². The monoisotopic (exact) mass is 249 g/mol. The molecule has 2 heteroatoms. The lowest BCUT2D eigenvalue weighted by Crippen LogP contribution is -2.15. The summed E-state index contributed by atoms with van der Waals surface area (Å²) in [4.78, 5) is 0. The van der Waals surface area contributed by atoms with Crippen molar-refractivity contribution in [1.29, 1.82) is 0 Å². The molecule has 0 spiro atoms. The zero-order valence-electron chi connectivity index (χ0n) is 10.2. The molecule has 1 aliphatic carbocycles. The fourth-order valence-electron chi connectivity index (χ4n) is 2.26. The molecule has 0 amide bonds. The minimum Gasteiger partial charge on any atom is -0.312 e. The minimum atomic E-state index is 0.819. The van der Waals surface area contributed by atoms with Crippen LogP contribution in [0.3, 0.4) is 0 Å². The fourth-order valence-corrected chi connectivity index (χ4v) is 2.47. The van der Waals surface area contributed by atoms with Crippen LogP contribution in [-0.4, -0.2) is 6.54 Å².